The fraction of sp³-hybridized carbons (Fsp3) is 0.211. The highest BCUT2D eigenvalue weighted by atomic mass is 16.6. The van der Waals surface area contributed by atoms with Gasteiger partial charge in [0.1, 0.15) is 22.7 Å². The van der Waals surface area contributed by atoms with Crippen LogP contribution < -0.4 is 14.8 Å². The van der Waals surface area contributed by atoms with Crippen LogP contribution in [0.15, 0.2) is 36.4 Å². The summed E-state index contributed by atoms with van der Waals surface area (Å²) in [5.41, 5.74) is 1.37. The smallest absolute Gasteiger partial charge is 0.354 e. The number of hydrogen-bond acceptors (Lipinski definition) is 7. The monoisotopic (exact) mass is 385 g/mol. The molecule has 0 saturated heterocycles. The van der Waals surface area contributed by atoms with Crippen molar-refractivity contribution < 1.29 is 23.9 Å². The molecule has 0 aliphatic heterocycles. The predicted octanol–water partition coefficient (Wildman–Crippen LogP) is 4.01. The predicted molar refractivity (Wildman–Crippen MR) is 104 cm³/mol. The van der Waals surface area contributed by atoms with Crippen LogP contribution in [0, 0.1) is 10.1 Å². The van der Waals surface area contributed by atoms with Gasteiger partial charge in [-0.3, -0.25) is 10.1 Å². The van der Waals surface area contributed by atoms with Crippen molar-refractivity contribution in [1.29, 1.82) is 0 Å². The number of nitro groups is 1. The van der Waals surface area contributed by atoms with Crippen molar-refractivity contribution in [2.75, 3.05) is 26.1 Å². The number of methoxy groups -OCH3 is 2. The third-order valence-electron chi connectivity index (χ3n) is 4.14. The molecular weight excluding hydrogens is 366 g/mol. The van der Waals surface area contributed by atoms with Gasteiger partial charge in [0, 0.05) is 23.2 Å². The molecule has 0 unspecified atom stereocenters. The average molecular weight is 385 g/mol. The molecule has 0 spiro atoms. The van der Waals surface area contributed by atoms with Gasteiger partial charge in [0.2, 0.25) is 0 Å². The second kappa shape index (κ2) is 7.87. The van der Waals surface area contributed by atoms with Crippen LogP contribution in [-0.2, 0) is 4.74 Å². The average Bonchev–Trinajstić information content (AvgIpc) is 3.14. The van der Waals surface area contributed by atoms with Crippen LogP contribution in [0.2, 0.25) is 0 Å². The number of fused-ring (bicyclic) bond motifs is 1. The number of anilines is 2. The maximum Gasteiger partial charge on any atom is 0.354 e. The number of hydrogen-bond donors (Lipinski definition) is 2. The van der Waals surface area contributed by atoms with Crippen LogP contribution >= 0.6 is 0 Å². The number of carbonyl (C=O) groups excluding carboxylic acids is 1. The first-order valence-electron chi connectivity index (χ1n) is 8.44. The van der Waals surface area contributed by atoms with Crippen molar-refractivity contribution in [2.24, 2.45) is 0 Å². The molecule has 3 aromatic rings. The molecule has 28 heavy (non-hydrogen) atoms. The van der Waals surface area contributed by atoms with Crippen LogP contribution in [0.4, 0.5) is 17.1 Å². The number of rotatable bonds is 7. The van der Waals surface area contributed by atoms with Crippen molar-refractivity contribution in [3.8, 4) is 11.5 Å². The van der Waals surface area contributed by atoms with Gasteiger partial charge in [-0.2, -0.15) is 0 Å². The first-order valence-corrected chi connectivity index (χ1v) is 8.44. The Labute approximate surface area is 160 Å². The minimum Gasteiger partial charge on any atom is -0.497 e. The molecule has 9 nitrogen and oxygen atoms in total. The molecule has 3 rings (SSSR count). The molecule has 0 atom stereocenters. The van der Waals surface area contributed by atoms with Crippen LogP contribution in [0.25, 0.3) is 10.9 Å². The van der Waals surface area contributed by atoms with Gasteiger partial charge in [0.05, 0.1) is 31.4 Å². The molecule has 2 aromatic carbocycles. The molecule has 0 fully saturated rings. The van der Waals surface area contributed by atoms with Crippen molar-refractivity contribution in [1.82, 2.24) is 4.98 Å². The lowest BCUT2D eigenvalue weighted by Crippen LogP contribution is -2.04. The molecule has 0 amide bonds. The zero-order valence-electron chi connectivity index (χ0n) is 15.6. The molecule has 0 aliphatic rings. The highest BCUT2D eigenvalue weighted by Crippen LogP contribution is 2.37. The van der Waals surface area contributed by atoms with E-state index < -0.39 is 10.9 Å². The number of nitrogens with zero attached hydrogens (tertiary/aromatic N) is 1. The summed E-state index contributed by atoms with van der Waals surface area (Å²) in [6.45, 7) is 1.88. The number of H-pyrrole nitrogens is 1. The Morgan fingerprint density at radius 3 is 2.57 bits per heavy atom. The zero-order chi connectivity index (χ0) is 20.3. The van der Waals surface area contributed by atoms with Gasteiger partial charge in [-0.15, -0.1) is 0 Å². The summed E-state index contributed by atoms with van der Waals surface area (Å²) >= 11 is 0. The van der Waals surface area contributed by atoms with Gasteiger partial charge in [0.15, 0.2) is 0 Å². The summed E-state index contributed by atoms with van der Waals surface area (Å²) in [4.78, 5) is 25.7. The lowest BCUT2D eigenvalue weighted by molar-refractivity contribution is -0.383. The SMILES string of the molecule is CCOC(=O)c1cc2c(Nc3cc(OC)ccc3OC)ccc([N+](=O)[O-])c2[nH]1. The first-order chi connectivity index (χ1) is 13.5. The number of non-ortho nitro benzene ring substituents is 1. The Balaban J connectivity index is 2.13. The third kappa shape index (κ3) is 3.54. The second-order valence-electron chi connectivity index (χ2n) is 5.77. The highest BCUT2D eigenvalue weighted by Gasteiger charge is 2.21. The van der Waals surface area contributed by atoms with Crippen LogP contribution in [0.1, 0.15) is 17.4 Å². The summed E-state index contributed by atoms with van der Waals surface area (Å²) < 4.78 is 15.6. The van der Waals surface area contributed by atoms with E-state index in [0.717, 1.165) is 0 Å². The third-order valence-corrected chi connectivity index (χ3v) is 4.14. The summed E-state index contributed by atoms with van der Waals surface area (Å²) in [6, 6.07) is 9.70. The lowest BCUT2D eigenvalue weighted by Gasteiger charge is -2.13. The Morgan fingerprint density at radius 1 is 1.14 bits per heavy atom. The van der Waals surface area contributed by atoms with Crippen LogP contribution in [0.3, 0.4) is 0 Å². The van der Waals surface area contributed by atoms with E-state index in [2.05, 4.69) is 10.3 Å². The zero-order valence-corrected chi connectivity index (χ0v) is 15.6. The minimum absolute atomic E-state index is 0.131. The minimum atomic E-state index is -0.585. The van der Waals surface area contributed by atoms with E-state index in [1.807, 2.05) is 0 Å². The molecule has 146 valence electrons. The number of nitrogens with one attached hydrogen (secondary N) is 2. The maximum atomic E-state index is 12.1. The van der Waals surface area contributed by atoms with E-state index in [4.69, 9.17) is 14.2 Å². The maximum absolute atomic E-state index is 12.1. The second-order valence-corrected chi connectivity index (χ2v) is 5.77. The molecular formula is C19H19N3O6. The lowest BCUT2D eigenvalue weighted by atomic mass is 10.1. The van der Waals surface area contributed by atoms with E-state index in [1.54, 1.807) is 38.3 Å². The topological polar surface area (TPSA) is 116 Å². The number of carbonyl (C=O) groups is 1. The normalized spacial score (nSPS) is 10.5. The summed E-state index contributed by atoms with van der Waals surface area (Å²) in [5.74, 6) is 0.592. The number of esters is 1. The molecule has 9 heteroatoms. The van der Waals surface area contributed by atoms with Gasteiger partial charge in [0.25, 0.3) is 5.69 Å². The van der Waals surface area contributed by atoms with E-state index in [-0.39, 0.29) is 23.5 Å². The number of benzene rings is 2. The van der Waals surface area contributed by atoms with Gasteiger partial charge < -0.3 is 24.5 Å². The quantitative estimate of drug-likeness (QED) is 0.358. The Bertz CT molecular complexity index is 1040. The Hall–Kier alpha value is -3.75. The number of aromatic nitrogens is 1. The summed E-state index contributed by atoms with van der Waals surface area (Å²) in [7, 11) is 3.08. The van der Waals surface area contributed by atoms with Crippen molar-refractivity contribution in [2.45, 2.75) is 6.92 Å². The fourth-order valence-corrected chi connectivity index (χ4v) is 2.84. The van der Waals surface area contributed by atoms with Crippen LogP contribution in [0.5, 0.6) is 11.5 Å². The van der Waals surface area contributed by atoms with Crippen molar-refractivity contribution in [3.05, 3.63) is 52.2 Å². The highest BCUT2D eigenvalue weighted by molar-refractivity contribution is 6.04. The van der Waals surface area contributed by atoms with Gasteiger partial charge in [-0.1, -0.05) is 0 Å². The van der Waals surface area contributed by atoms with Crippen LogP contribution in [-0.4, -0.2) is 36.7 Å². The molecule has 1 aromatic heterocycles. The first kappa shape index (κ1) is 19.0. The van der Waals surface area contributed by atoms with Gasteiger partial charge in [-0.05, 0) is 31.2 Å². The molecule has 2 N–H and O–H groups in total. The molecule has 0 aliphatic carbocycles. The van der Waals surface area contributed by atoms with Gasteiger partial charge >= 0.3 is 5.97 Å². The van der Waals surface area contributed by atoms with Crippen molar-refractivity contribution >= 4 is 33.9 Å². The Kier molecular flexibility index (Phi) is 5.35. The summed E-state index contributed by atoms with van der Waals surface area (Å²) in [5, 5.41) is 15.1. The van der Waals surface area contributed by atoms with E-state index in [1.165, 1.54) is 19.2 Å². The van der Waals surface area contributed by atoms with Gasteiger partial charge in [-0.25, -0.2) is 4.79 Å². The molecule has 1 heterocycles. The van der Waals surface area contributed by atoms with E-state index in [9.17, 15) is 14.9 Å². The molecule has 0 radical (unpaired) electrons. The summed E-state index contributed by atoms with van der Waals surface area (Å²) in [6.07, 6.45) is 0. The number of nitro benzene ring substituents is 1. The standard InChI is InChI=1S/C19H19N3O6/c1-4-28-19(23)15-10-12-13(6-7-16(22(24)25)18(12)21-15)20-14-9-11(26-2)5-8-17(14)27-3/h5-10,20-21H,4H2,1-3H3. The molecule has 0 saturated carbocycles. The number of ether oxygens (including phenoxy) is 3. The Morgan fingerprint density at radius 2 is 1.93 bits per heavy atom. The van der Waals surface area contributed by atoms with E-state index in [0.29, 0.717) is 28.3 Å². The van der Waals surface area contributed by atoms with Crippen molar-refractivity contribution in [3.63, 3.8) is 0 Å². The fourth-order valence-electron chi connectivity index (χ4n) is 2.84. The largest absolute Gasteiger partial charge is 0.497 e. The number of aromatic amines is 1. The molecule has 0 bridgehead atoms. The van der Waals surface area contributed by atoms with E-state index >= 15 is 0 Å².